The topological polar surface area (TPSA) is 29.5 Å². The zero-order chi connectivity index (χ0) is 18.1. The first-order chi connectivity index (χ1) is 12.7. The maximum Gasteiger partial charge on any atom is 0.293 e. The number of fused-ring (bicyclic) bond motifs is 1. The Kier molecular flexibility index (Phi) is 3.87. The lowest BCUT2D eigenvalue weighted by Crippen LogP contribution is -2.20. The van der Waals surface area contributed by atoms with Crippen LogP contribution < -0.4 is 4.74 Å². The molecule has 3 aromatic carbocycles. The Bertz CT molecular complexity index is 909. The van der Waals surface area contributed by atoms with E-state index in [0.717, 1.165) is 16.9 Å². The summed E-state index contributed by atoms with van der Waals surface area (Å²) in [5, 5.41) is 4.72. The lowest BCUT2D eigenvalue weighted by molar-refractivity contribution is 0.189. The van der Waals surface area contributed by atoms with E-state index in [1.54, 1.807) is 0 Å². The molecule has 4 rings (SSSR count). The molecule has 25 heavy (non-hydrogen) atoms. The van der Waals surface area contributed by atoms with Crippen molar-refractivity contribution in [1.29, 1.82) is 1.43 Å². The molecule has 3 heteroatoms. The molecule has 2 atom stereocenters. The molecule has 2 nitrogen and oxygen atoms in total. The minimum atomic E-state index is -0.101. The van der Waals surface area contributed by atoms with Crippen LogP contribution in [0.4, 0.5) is 0 Å². The van der Waals surface area contributed by atoms with Crippen LogP contribution in [0.5, 0.6) is 11.5 Å². The summed E-state index contributed by atoms with van der Waals surface area (Å²) in [6.45, 7) is 4.22. The van der Waals surface area contributed by atoms with Gasteiger partial charge in [0.1, 0.15) is 17.6 Å². The van der Waals surface area contributed by atoms with Gasteiger partial charge in [-0.2, -0.15) is 0 Å². The van der Waals surface area contributed by atoms with Gasteiger partial charge >= 0.3 is 0 Å². The lowest BCUT2D eigenvalue weighted by Gasteiger charge is -2.35. The van der Waals surface area contributed by atoms with Crippen LogP contribution in [0, 0.1) is 13.8 Å². The highest BCUT2D eigenvalue weighted by Crippen LogP contribution is 2.54. The third-order valence-electron chi connectivity index (χ3n) is 4.50. The summed E-state index contributed by atoms with van der Waals surface area (Å²) in [7, 11) is 0. The Hall–Kier alpha value is -2.39. The highest BCUT2D eigenvalue weighted by atomic mass is 32.2. The third kappa shape index (κ3) is 3.12. The molecule has 0 aromatic heterocycles. The van der Waals surface area contributed by atoms with E-state index >= 15 is 0 Å². The van der Waals surface area contributed by atoms with Gasteiger partial charge in [-0.15, -0.1) is 11.8 Å². The van der Waals surface area contributed by atoms with E-state index in [1.807, 2.05) is 42.1 Å². The molecular weight excluding hydrogens is 328 g/mol. The zero-order valence-electron chi connectivity index (χ0n) is 15.2. The number of aromatic hydroxyl groups is 1. The minimum Gasteiger partial charge on any atom is -0.508 e. The number of phenols is 1. The van der Waals surface area contributed by atoms with Crippen LogP contribution in [0.25, 0.3) is 0 Å². The molecule has 1 N–H and O–H groups in total. The molecule has 126 valence electrons. The molecule has 0 aliphatic carbocycles. The van der Waals surface area contributed by atoms with Gasteiger partial charge in [-0.05, 0) is 54.3 Å². The first-order valence-electron chi connectivity index (χ1n) is 8.79. The summed E-state index contributed by atoms with van der Waals surface area (Å²) in [5.41, 5.74) is 4.74. The molecule has 0 bridgehead atoms. The second-order valence-corrected chi connectivity index (χ2v) is 7.65. The predicted molar refractivity (Wildman–Crippen MR) is 102 cm³/mol. The number of thioether (sulfide) groups is 1. The fourth-order valence-electron chi connectivity index (χ4n) is 3.33. The first kappa shape index (κ1) is 14.9. The first-order valence-corrected chi connectivity index (χ1v) is 9.26. The smallest absolute Gasteiger partial charge is 0.293 e. The molecule has 1 aliphatic heterocycles. The lowest BCUT2D eigenvalue weighted by atomic mass is 9.99. The number of aryl methyl sites for hydroxylation is 2. The van der Waals surface area contributed by atoms with Gasteiger partial charge in [0.25, 0.3) is 1.43 Å². The van der Waals surface area contributed by atoms with E-state index in [9.17, 15) is 0 Å². The molecule has 0 amide bonds. The molecule has 0 saturated carbocycles. The van der Waals surface area contributed by atoms with Crippen molar-refractivity contribution in [3.63, 3.8) is 0 Å². The summed E-state index contributed by atoms with van der Waals surface area (Å²) in [5.74, 6) is 1.50. The molecule has 0 unspecified atom stereocenters. The maximum atomic E-state index is 7.04. The average molecular weight is 350 g/mol. The van der Waals surface area contributed by atoms with Gasteiger partial charge in [0.05, 0.1) is 10.1 Å². The van der Waals surface area contributed by atoms with Crippen molar-refractivity contribution in [3.8, 4) is 11.5 Å². The van der Waals surface area contributed by atoms with Crippen molar-refractivity contribution in [1.82, 2.24) is 0 Å². The van der Waals surface area contributed by atoms with Gasteiger partial charge in [0, 0.05) is 0 Å². The van der Waals surface area contributed by atoms with E-state index < -0.39 is 0 Å². The van der Waals surface area contributed by atoms with Crippen LogP contribution in [0.2, 0.25) is 0 Å². The van der Waals surface area contributed by atoms with Crippen molar-refractivity contribution in [2.75, 3.05) is 0 Å². The van der Waals surface area contributed by atoms with Crippen molar-refractivity contribution >= 4 is 11.8 Å². The van der Waals surface area contributed by atoms with E-state index in [-0.39, 0.29) is 11.4 Å². The summed E-state index contributed by atoms with van der Waals surface area (Å²) < 4.78 is 13.6. The maximum absolute atomic E-state index is 7.04. The minimum absolute atomic E-state index is 0.101. The Labute approximate surface area is 154 Å². The van der Waals surface area contributed by atoms with E-state index in [1.165, 1.54) is 16.0 Å². The van der Waals surface area contributed by atoms with Crippen LogP contribution in [0.3, 0.4) is 0 Å². The van der Waals surface area contributed by atoms with E-state index in [0.29, 0.717) is 5.75 Å². The molecule has 3 aromatic rings. The molecule has 1 heterocycles. The van der Waals surface area contributed by atoms with Gasteiger partial charge in [0.15, 0.2) is 0 Å². The van der Waals surface area contributed by atoms with Gasteiger partial charge in [-0.3, -0.25) is 0 Å². The Morgan fingerprint density at radius 2 is 1.72 bits per heavy atom. The monoisotopic (exact) mass is 350 g/mol. The van der Waals surface area contributed by atoms with Crippen molar-refractivity contribution < 1.29 is 9.85 Å². The second kappa shape index (κ2) is 6.49. The van der Waals surface area contributed by atoms with Crippen LogP contribution in [-0.4, -0.2) is 6.54 Å². The quantitative estimate of drug-likeness (QED) is 0.630. The standard InChI is InChI=1S/C22H20O2S/c1-14-12-15(2)20-19(13-14)25-22(17-6-4-3-5-7-17)21(24-20)16-8-10-18(23)11-9-16/h3-13,21-23H,1-2H3/t21-,22+/m1/s1/i/hT. The zero-order valence-corrected chi connectivity index (χ0v) is 15.0. The Balaban J connectivity index is 1.80. The average Bonchev–Trinajstić information content (AvgIpc) is 2.68. The van der Waals surface area contributed by atoms with Crippen LogP contribution in [-0.2, 0) is 0 Å². The number of benzene rings is 3. The summed E-state index contributed by atoms with van der Waals surface area (Å²) in [6, 6.07) is 22.5. The number of rotatable bonds is 3. The van der Waals surface area contributed by atoms with Crippen molar-refractivity contribution in [3.05, 3.63) is 89.0 Å². The highest BCUT2D eigenvalue weighted by Gasteiger charge is 2.34. The number of hydrogen-bond acceptors (Lipinski definition) is 3. The van der Waals surface area contributed by atoms with Crippen molar-refractivity contribution in [2.45, 2.75) is 30.1 Å². The van der Waals surface area contributed by atoms with Gasteiger partial charge in [0.2, 0.25) is 0 Å². The molecule has 0 spiro atoms. The number of phenolic OH excluding ortho intramolecular Hbond substituents is 1. The molecule has 0 radical (unpaired) electrons. The second-order valence-electron chi connectivity index (χ2n) is 6.47. The highest BCUT2D eigenvalue weighted by molar-refractivity contribution is 7.99. The Morgan fingerprint density at radius 3 is 2.44 bits per heavy atom. The molecule has 0 fully saturated rings. The summed E-state index contributed by atoms with van der Waals surface area (Å²) >= 11 is 1.86. The number of ether oxygens (including phenoxy) is 1. The van der Waals surface area contributed by atoms with Gasteiger partial charge < -0.3 is 9.85 Å². The van der Waals surface area contributed by atoms with Gasteiger partial charge in [-0.1, -0.05) is 48.5 Å². The fourth-order valence-corrected chi connectivity index (χ4v) is 4.80. The summed E-state index contributed by atoms with van der Waals surface area (Å²) in [4.78, 5) is 1.19. The predicted octanol–water partition coefficient (Wildman–Crippen LogP) is 5.98. The van der Waals surface area contributed by atoms with E-state index in [4.69, 9.17) is 6.17 Å². The summed E-state index contributed by atoms with van der Waals surface area (Å²) in [6.07, 6.45) is -0.101. The van der Waals surface area contributed by atoms with Crippen LogP contribution in [0.15, 0.2) is 71.6 Å². The SMILES string of the molecule is [3H]Oc1ccc([C@H]2Oc3c(C)cc(C)cc3S[C@H]2c2ccccc2)cc1. The van der Waals surface area contributed by atoms with Gasteiger partial charge in [-0.25, -0.2) is 0 Å². The van der Waals surface area contributed by atoms with Crippen LogP contribution >= 0.6 is 11.8 Å². The largest absolute Gasteiger partial charge is 0.508 e. The number of hydrogen-bond donors (Lipinski definition) is 1. The third-order valence-corrected chi connectivity index (χ3v) is 5.83. The fraction of sp³-hybridized carbons (Fsp3) is 0.182. The molecule has 1 aliphatic rings. The van der Waals surface area contributed by atoms with Crippen LogP contribution in [0.1, 0.15) is 33.6 Å². The molecule has 0 saturated heterocycles. The normalized spacial score (nSPS) is 19.5. The van der Waals surface area contributed by atoms with E-state index in [2.05, 4.69) is 55.4 Å². The Morgan fingerprint density at radius 1 is 0.960 bits per heavy atom. The van der Waals surface area contributed by atoms with Crippen molar-refractivity contribution in [2.24, 2.45) is 0 Å². The molecular formula is C22H20O2S.